The van der Waals surface area contributed by atoms with Gasteiger partial charge in [-0.2, -0.15) is 0 Å². The Morgan fingerprint density at radius 2 is 2.00 bits per heavy atom. The SMILES string of the molecule is C=NC(=CC(=C)C)OC(F)(F)F. The lowest BCUT2D eigenvalue weighted by molar-refractivity contribution is -0.305. The smallest absolute Gasteiger partial charge is 0.388 e. The van der Waals surface area contributed by atoms with Crippen LogP contribution in [0.25, 0.3) is 0 Å². The molecule has 0 bridgehead atoms. The van der Waals surface area contributed by atoms with Crippen molar-refractivity contribution in [2.24, 2.45) is 4.99 Å². The molecule has 0 fully saturated rings. The largest absolute Gasteiger partial charge is 0.574 e. The molecule has 0 saturated carbocycles. The Hall–Kier alpha value is -1.26. The Morgan fingerprint density at radius 1 is 1.50 bits per heavy atom. The van der Waals surface area contributed by atoms with Crippen molar-refractivity contribution in [3.8, 4) is 0 Å². The second-order valence-electron chi connectivity index (χ2n) is 2.03. The van der Waals surface area contributed by atoms with Crippen LogP contribution in [-0.2, 0) is 4.74 Å². The van der Waals surface area contributed by atoms with Crippen LogP contribution in [0, 0.1) is 0 Å². The average Bonchev–Trinajstić information content (AvgIpc) is 1.82. The molecule has 0 aromatic heterocycles. The molecular weight excluding hydrogens is 171 g/mol. The number of hydrogen-bond donors (Lipinski definition) is 0. The fourth-order valence-electron chi connectivity index (χ4n) is 0.437. The van der Waals surface area contributed by atoms with Crippen LogP contribution in [0.3, 0.4) is 0 Å². The lowest BCUT2D eigenvalue weighted by Gasteiger charge is -2.07. The summed E-state index contributed by atoms with van der Waals surface area (Å²) in [5.41, 5.74) is 0.404. The van der Waals surface area contributed by atoms with Crippen molar-refractivity contribution < 1.29 is 17.9 Å². The number of ether oxygens (including phenoxy) is 1. The summed E-state index contributed by atoms with van der Waals surface area (Å²) in [7, 11) is 0. The third-order valence-electron chi connectivity index (χ3n) is 0.746. The van der Waals surface area contributed by atoms with Crippen molar-refractivity contribution in [2.75, 3.05) is 0 Å². The van der Waals surface area contributed by atoms with Crippen molar-refractivity contribution in [3.63, 3.8) is 0 Å². The van der Waals surface area contributed by atoms with Crippen molar-refractivity contribution in [2.45, 2.75) is 13.3 Å². The summed E-state index contributed by atoms with van der Waals surface area (Å²) in [6.45, 7) is 7.79. The highest BCUT2D eigenvalue weighted by Gasteiger charge is 2.31. The highest BCUT2D eigenvalue weighted by molar-refractivity contribution is 5.29. The maximum absolute atomic E-state index is 11.6. The van der Waals surface area contributed by atoms with E-state index in [2.05, 4.69) is 23.0 Å². The monoisotopic (exact) mass is 179 g/mol. The fourth-order valence-corrected chi connectivity index (χ4v) is 0.437. The second kappa shape index (κ2) is 3.94. The van der Waals surface area contributed by atoms with Crippen LogP contribution in [0.1, 0.15) is 6.92 Å². The van der Waals surface area contributed by atoms with Gasteiger partial charge in [0, 0.05) is 6.08 Å². The van der Waals surface area contributed by atoms with E-state index in [0.29, 0.717) is 5.57 Å². The number of rotatable bonds is 3. The summed E-state index contributed by atoms with van der Waals surface area (Å²) in [6, 6.07) is 0. The molecule has 12 heavy (non-hydrogen) atoms. The fraction of sp³-hybridized carbons (Fsp3) is 0.286. The molecule has 0 aromatic rings. The topological polar surface area (TPSA) is 21.6 Å². The van der Waals surface area contributed by atoms with Gasteiger partial charge < -0.3 is 4.74 Å². The molecule has 0 aliphatic heterocycles. The number of aliphatic imine (C=N–C) groups is 1. The molecule has 0 aromatic carbocycles. The molecule has 0 heterocycles. The van der Waals surface area contributed by atoms with Gasteiger partial charge in [-0.1, -0.05) is 12.2 Å². The lowest BCUT2D eigenvalue weighted by atomic mass is 10.3. The van der Waals surface area contributed by atoms with Crippen LogP contribution in [0.2, 0.25) is 0 Å². The Labute approximate surface area is 68.1 Å². The third-order valence-corrected chi connectivity index (χ3v) is 0.746. The number of hydrogen-bond acceptors (Lipinski definition) is 2. The zero-order valence-corrected chi connectivity index (χ0v) is 6.48. The summed E-state index contributed by atoms with van der Waals surface area (Å²) >= 11 is 0. The van der Waals surface area contributed by atoms with E-state index in [4.69, 9.17) is 0 Å². The number of allylic oxidation sites excluding steroid dienone is 2. The Kier molecular flexibility index (Phi) is 3.53. The van der Waals surface area contributed by atoms with Gasteiger partial charge in [-0.05, 0) is 13.6 Å². The lowest BCUT2D eigenvalue weighted by Crippen LogP contribution is -2.12. The van der Waals surface area contributed by atoms with Gasteiger partial charge in [-0.15, -0.1) is 13.2 Å². The molecule has 0 amide bonds. The predicted octanol–water partition coefficient (Wildman–Crippen LogP) is 2.64. The molecule has 5 heteroatoms. The highest BCUT2D eigenvalue weighted by Crippen LogP contribution is 2.21. The summed E-state index contributed by atoms with van der Waals surface area (Å²) in [5.74, 6) is -0.602. The molecule has 0 aliphatic rings. The van der Waals surface area contributed by atoms with Gasteiger partial charge >= 0.3 is 6.36 Å². The summed E-state index contributed by atoms with van der Waals surface area (Å²) in [4.78, 5) is 3.02. The van der Waals surface area contributed by atoms with Gasteiger partial charge in [-0.25, -0.2) is 4.99 Å². The van der Waals surface area contributed by atoms with Gasteiger partial charge in [0.1, 0.15) is 0 Å². The number of nitrogens with zero attached hydrogens (tertiary/aromatic N) is 1. The van der Waals surface area contributed by atoms with E-state index in [1.54, 1.807) is 0 Å². The first-order chi connectivity index (χ1) is 5.35. The Morgan fingerprint density at radius 3 is 2.25 bits per heavy atom. The van der Waals surface area contributed by atoms with Crippen LogP contribution in [-0.4, -0.2) is 13.1 Å². The van der Waals surface area contributed by atoms with E-state index < -0.39 is 12.2 Å². The first-order valence-corrected chi connectivity index (χ1v) is 2.95. The highest BCUT2D eigenvalue weighted by atomic mass is 19.4. The van der Waals surface area contributed by atoms with Crippen molar-refractivity contribution in [1.29, 1.82) is 0 Å². The van der Waals surface area contributed by atoms with Crippen molar-refractivity contribution in [3.05, 3.63) is 24.1 Å². The normalized spacial score (nSPS) is 12.5. The summed E-state index contributed by atoms with van der Waals surface area (Å²) in [6.07, 6.45) is -3.69. The van der Waals surface area contributed by atoms with Crippen LogP contribution < -0.4 is 0 Å². The van der Waals surface area contributed by atoms with E-state index in [1.807, 2.05) is 0 Å². The maximum Gasteiger partial charge on any atom is 0.574 e. The minimum atomic E-state index is -4.73. The predicted molar refractivity (Wildman–Crippen MR) is 39.6 cm³/mol. The zero-order valence-electron chi connectivity index (χ0n) is 6.48. The van der Waals surface area contributed by atoms with E-state index >= 15 is 0 Å². The van der Waals surface area contributed by atoms with Gasteiger partial charge in [0.25, 0.3) is 0 Å². The van der Waals surface area contributed by atoms with E-state index in [-0.39, 0.29) is 0 Å². The number of alkyl halides is 3. The van der Waals surface area contributed by atoms with Gasteiger partial charge in [0.15, 0.2) is 0 Å². The second-order valence-corrected chi connectivity index (χ2v) is 2.03. The number of halogens is 3. The molecule has 68 valence electrons. The molecule has 0 radical (unpaired) electrons. The van der Waals surface area contributed by atoms with Crippen LogP contribution in [0.4, 0.5) is 13.2 Å². The molecule has 0 atom stereocenters. The molecule has 0 saturated heterocycles. The molecular formula is C7H8F3NO. The molecule has 0 spiro atoms. The molecule has 0 aliphatic carbocycles. The summed E-state index contributed by atoms with van der Waals surface area (Å²) in [5, 5.41) is 0. The van der Waals surface area contributed by atoms with Gasteiger partial charge in [-0.3, -0.25) is 0 Å². The first kappa shape index (κ1) is 10.7. The Balaban J connectivity index is 4.39. The zero-order chi connectivity index (χ0) is 9.78. The molecule has 0 unspecified atom stereocenters. The van der Waals surface area contributed by atoms with Crippen LogP contribution >= 0.6 is 0 Å². The summed E-state index contributed by atoms with van der Waals surface area (Å²) < 4.78 is 38.2. The van der Waals surface area contributed by atoms with Crippen molar-refractivity contribution >= 4 is 6.72 Å². The van der Waals surface area contributed by atoms with E-state index in [1.165, 1.54) is 6.92 Å². The standard InChI is InChI=1S/C7H8F3NO/c1-5(2)4-6(11-3)12-7(8,9)10/h4H,1,3H2,2H3. The van der Waals surface area contributed by atoms with E-state index in [9.17, 15) is 13.2 Å². The van der Waals surface area contributed by atoms with Crippen molar-refractivity contribution in [1.82, 2.24) is 0 Å². The minimum Gasteiger partial charge on any atom is -0.388 e. The quantitative estimate of drug-likeness (QED) is 0.370. The molecule has 0 N–H and O–H groups in total. The van der Waals surface area contributed by atoms with Crippen LogP contribution in [0.15, 0.2) is 29.1 Å². The van der Waals surface area contributed by atoms with Crippen LogP contribution in [0.5, 0.6) is 0 Å². The molecule has 2 nitrogen and oxygen atoms in total. The Bertz CT molecular complexity index is 217. The average molecular weight is 179 g/mol. The van der Waals surface area contributed by atoms with Gasteiger partial charge in [0.05, 0.1) is 0 Å². The molecule has 0 rings (SSSR count). The van der Waals surface area contributed by atoms with E-state index in [0.717, 1.165) is 6.08 Å². The first-order valence-electron chi connectivity index (χ1n) is 2.95. The minimum absolute atomic E-state index is 0.404. The van der Waals surface area contributed by atoms with Gasteiger partial charge in [0.2, 0.25) is 5.88 Å². The maximum atomic E-state index is 11.6. The third kappa shape index (κ3) is 5.52.